The number of likely N-dealkylation sites (N-methyl/N-ethyl adjacent to an activating group) is 1. The molecule has 4 N–H and O–H groups in total. The highest BCUT2D eigenvalue weighted by atomic mass is 19.1. The highest BCUT2D eigenvalue weighted by Gasteiger charge is 2.40. The number of hydrogen-bond acceptors (Lipinski definition) is 7. The zero-order valence-corrected chi connectivity index (χ0v) is 35.5. The Labute approximate surface area is 365 Å². The predicted molar refractivity (Wildman–Crippen MR) is 232 cm³/mol. The van der Waals surface area contributed by atoms with E-state index in [-0.39, 0.29) is 53.1 Å². The molecule has 0 spiro atoms. The second-order valence-corrected chi connectivity index (χ2v) is 17.5. The van der Waals surface area contributed by atoms with E-state index in [4.69, 9.17) is 0 Å². The van der Waals surface area contributed by atoms with Crippen LogP contribution < -0.4 is 15.5 Å². The summed E-state index contributed by atoms with van der Waals surface area (Å²) < 4.78 is 31.9. The lowest BCUT2D eigenvalue weighted by atomic mass is 9.93. The molecule has 2 aliphatic heterocycles. The molecule has 0 radical (unpaired) electrons. The van der Waals surface area contributed by atoms with E-state index < -0.39 is 29.8 Å². The highest BCUT2D eigenvalue weighted by Crippen LogP contribution is 2.38. The van der Waals surface area contributed by atoms with Gasteiger partial charge in [0.1, 0.15) is 41.1 Å². The van der Waals surface area contributed by atoms with Gasteiger partial charge in [-0.25, -0.2) is 18.7 Å². The molecular weight excluding hydrogens is 805 g/mol. The first-order chi connectivity index (χ1) is 30.5. The molecule has 2 saturated heterocycles. The van der Waals surface area contributed by atoms with Crippen LogP contribution in [0.25, 0.3) is 11.3 Å². The molecule has 0 unspecified atom stereocenters. The molecule has 63 heavy (non-hydrogen) atoms. The number of halogens is 2. The van der Waals surface area contributed by atoms with Crippen LogP contribution >= 0.6 is 0 Å². The van der Waals surface area contributed by atoms with Gasteiger partial charge < -0.3 is 35.3 Å². The molecule has 2 aliphatic carbocycles. The molecule has 4 heterocycles. The summed E-state index contributed by atoms with van der Waals surface area (Å²) in [4.78, 5) is 74.5. The molecule has 4 aliphatic rings. The van der Waals surface area contributed by atoms with Gasteiger partial charge in [-0.3, -0.25) is 19.2 Å². The summed E-state index contributed by atoms with van der Waals surface area (Å²) in [5, 5.41) is 5.95. The van der Waals surface area contributed by atoms with Crippen molar-refractivity contribution in [3.8, 4) is 11.3 Å². The fraction of sp³-hybridized carbons (Fsp3) is 0.417. The van der Waals surface area contributed by atoms with Crippen LogP contribution in [0.3, 0.4) is 0 Å². The van der Waals surface area contributed by atoms with Gasteiger partial charge in [-0.15, -0.1) is 0 Å². The highest BCUT2D eigenvalue weighted by molar-refractivity contribution is 5.91. The number of nitrogens with zero attached hydrogens (tertiary/aromatic N) is 5. The van der Waals surface area contributed by atoms with Crippen LogP contribution in [0.5, 0.6) is 0 Å². The third-order valence-corrected chi connectivity index (χ3v) is 13.2. The second kappa shape index (κ2) is 17.8. The molecule has 328 valence electrons. The van der Waals surface area contributed by atoms with Crippen molar-refractivity contribution < 1.29 is 28.0 Å². The van der Waals surface area contributed by atoms with E-state index in [1.54, 1.807) is 34.1 Å². The number of hydrogen-bond donors (Lipinski definition) is 4. The summed E-state index contributed by atoms with van der Waals surface area (Å²) in [5.41, 5.74) is 2.98. The van der Waals surface area contributed by atoms with E-state index in [1.165, 1.54) is 12.1 Å². The zero-order valence-electron chi connectivity index (χ0n) is 35.5. The van der Waals surface area contributed by atoms with Crippen LogP contribution in [0, 0.1) is 23.5 Å². The molecule has 4 atom stereocenters. The largest absolute Gasteiger partial charge is 0.367 e. The first-order valence-corrected chi connectivity index (χ1v) is 22.2. The number of anilines is 1. The zero-order chi connectivity index (χ0) is 43.8. The molecule has 3 aromatic carbocycles. The number of nitrogens with one attached hydrogen (secondary N) is 4. The van der Waals surface area contributed by atoms with Crippen molar-refractivity contribution in [2.45, 2.75) is 88.4 Å². The van der Waals surface area contributed by atoms with Crippen molar-refractivity contribution >= 4 is 29.3 Å². The summed E-state index contributed by atoms with van der Waals surface area (Å²) in [7, 11) is 1.71. The molecule has 9 rings (SSSR count). The van der Waals surface area contributed by atoms with Gasteiger partial charge in [0.05, 0.1) is 24.0 Å². The molecule has 2 saturated carbocycles. The molecule has 4 fully saturated rings. The lowest BCUT2D eigenvalue weighted by Crippen LogP contribution is -2.43. The van der Waals surface area contributed by atoms with Crippen LogP contribution in [0.4, 0.5) is 14.5 Å². The van der Waals surface area contributed by atoms with Gasteiger partial charge in [0, 0.05) is 61.9 Å². The fourth-order valence-electron chi connectivity index (χ4n) is 9.00. The number of benzene rings is 3. The number of piperidine rings is 1. The minimum absolute atomic E-state index is 0.0441. The van der Waals surface area contributed by atoms with Crippen molar-refractivity contribution in [2.24, 2.45) is 11.8 Å². The van der Waals surface area contributed by atoms with Gasteiger partial charge in [-0.1, -0.05) is 60.7 Å². The Balaban J connectivity index is 0.831. The molecule has 5 aromatic rings. The van der Waals surface area contributed by atoms with Crippen molar-refractivity contribution in [3.63, 3.8) is 0 Å². The van der Waals surface area contributed by atoms with E-state index in [0.717, 1.165) is 37.8 Å². The van der Waals surface area contributed by atoms with Crippen molar-refractivity contribution in [3.05, 3.63) is 125 Å². The quantitative estimate of drug-likeness (QED) is 0.0921. The average molecular weight is 858 g/mol. The first kappa shape index (κ1) is 41.9. The standard InChI is InChI=1S/C48H53F2N9O4/c1-28(57(2)47(62)40(30-10-5-3-6-11-30)55-45(60)32-15-16-32)43-51-26-37(53-43)29-19-22-58(23-20-29)42-35(49)24-34(25-36(42)50)38-27-52-44(54-38)39-14-9-21-59(39)48(63)41(31-12-7-4-8-13-31)56-46(61)33-17-18-33/h3-8,10-13,24-29,32-33,39-41H,9,14-23H2,1-2H3,(H,51,53)(H,52,54)(H,55,60)(H,56,61)/t28-,39-,40+,41+/m0/s1. The Bertz CT molecular complexity index is 2440. The van der Waals surface area contributed by atoms with Gasteiger partial charge in [0.2, 0.25) is 23.6 Å². The lowest BCUT2D eigenvalue weighted by molar-refractivity contribution is -0.138. The maximum absolute atomic E-state index is 15.9. The lowest BCUT2D eigenvalue weighted by Gasteiger charge is -2.33. The van der Waals surface area contributed by atoms with Crippen molar-refractivity contribution in [1.82, 2.24) is 40.4 Å². The number of imidazole rings is 2. The monoisotopic (exact) mass is 857 g/mol. The van der Waals surface area contributed by atoms with Gasteiger partial charge in [-0.05, 0) is 81.5 Å². The molecule has 13 nitrogen and oxygen atoms in total. The van der Waals surface area contributed by atoms with E-state index >= 15 is 8.78 Å². The summed E-state index contributed by atoms with van der Waals surface area (Å²) in [6.45, 7) is 3.22. The average Bonchev–Trinajstić information content (AvgIpc) is 4.18. The number of rotatable bonds is 14. The third-order valence-electron chi connectivity index (χ3n) is 13.2. The molecule has 0 bridgehead atoms. The minimum atomic E-state index is -0.827. The number of carbonyl (C=O) groups is 4. The Morgan fingerprint density at radius 1 is 0.746 bits per heavy atom. The van der Waals surface area contributed by atoms with Crippen LogP contribution in [-0.2, 0) is 19.2 Å². The van der Waals surface area contributed by atoms with Gasteiger partial charge >= 0.3 is 0 Å². The normalized spacial score (nSPS) is 19.3. The Hall–Kier alpha value is -6.38. The number of aromatic nitrogens is 4. The van der Waals surface area contributed by atoms with Crippen LogP contribution in [0.2, 0.25) is 0 Å². The Morgan fingerprint density at radius 2 is 1.33 bits per heavy atom. The SMILES string of the molecule is C[C@@H](c1ncc(C2CCN(c3c(F)cc(-c4cnc([C@@H]5CCCN5C(=O)[C@H](NC(=O)C5CC5)c5ccccc5)[nH]4)cc3F)CC2)[nH]1)N(C)C(=O)[C@H](NC(=O)C1CC1)c1ccccc1. The van der Waals surface area contributed by atoms with Gasteiger partial charge in [0.15, 0.2) is 0 Å². The summed E-state index contributed by atoms with van der Waals surface area (Å²) in [6.07, 6.45) is 9.28. The Morgan fingerprint density at radius 3 is 1.94 bits per heavy atom. The number of H-pyrrole nitrogens is 2. The number of aromatic amines is 2. The number of carbonyl (C=O) groups excluding carboxylic acids is 4. The van der Waals surface area contributed by atoms with E-state index in [2.05, 4.69) is 30.6 Å². The van der Waals surface area contributed by atoms with E-state index in [1.807, 2.05) is 67.6 Å². The maximum Gasteiger partial charge on any atom is 0.250 e. The smallest absolute Gasteiger partial charge is 0.250 e. The van der Waals surface area contributed by atoms with Gasteiger partial charge in [-0.2, -0.15) is 0 Å². The summed E-state index contributed by atoms with van der Waals surface area (Å²) in [5.74, 6) is -0.948. The number of likely N-dealkylation sites (tertiary alicyclic amines) is 1. The van der Waals surface area contributed by atoms with Crippen molar-refractivity contribution in [1.29, 1.82) is 0 Å². The number of amides is 4. The van der Waals surface area contributed by atoms with Crippen LogP contribution in [-0.4, -0.2) is 80.0 Å². The van der Waals surface area contributed by atoms with Gasteiger partial charge in [0.25, 0.3) is 0 Å². The molecular formula is C48H53F2N9O4. The molecule has 4 amide bonds. The van der Waals surface area contributed by atoms with E-state index in [0.29, 0.717) is 72.9 Å². The fourth-order valence-corrected chi connectivity index (χ4v) is 9.00. The minimum Gasteiger partial charge on any atom is -0.367 e. The predicted octanol–water partition coefficient (Wildman–Crippen LogP) is 7.18. The second-order valence-electron chi connectivity index (χ2n) is 17.5. The Kier molecular flexibility index (Phi) is 11.8. The third kappa shape index (κ3) is 8.96. The van der Waals surface area contributed by atoms with Crippen LogP contribution in [0.1, 0.15) is 117 Å². The van der Waals surface area contributed by atoms with E-state index in [9.17, 15) is 19.2 Å². The summed E-state index contributed by atoms with van der Waals surface area (Å²) in [6, 6.07) is 18.7. The molecule has 15 heteroatoms. The first-order valence-electron chi connectivity index (χ1n) is 22.2. The van der Waals surface area contributed by atoms with Crippen LogP contribution in [0.15, 0.2) is 85.2 Å². The maximum atomic E-state index is 15.9. The summed E-state index contributed by atoms with van der Waals surface area (Å²) >= 11 is 0. The topological polar surface area (TPSA) is 159 Å². The molecule has 2 aromatic heterocycles. The van der Waals surface area contributed by atoms with Crippen molar-refractivity contribution in [2.75, 3.05) is 31.6 Å².